The van der Waals surface area contributed by atoms with Gasteiger partial charge in [0.1, 0.15) is 5.75 Å². The maximum absolute atomic E-state index is 9.45. The van der Waals surface area contributed by atoms with Gasteiger partial charge in [0.2, 0.25) is 0 Å². The molecule has 1 aliphatic heterocycles. The van der Waals surface area contributed by atoms with Crippen LogP contribution in [0.3, 0.4) is 0 Å². The standard InChI is InChI=1S/C14H22N2O/c1-10-9-16(3)11(2)7-14(10)15-12-5-4-6-13(17)8-12/h4-6,8,10-11,14-15,17H,7,9H2,1-3H3. The van der Waals surface area contributed by atoms with Crippen molar-refractivity contribution in [3.05, 3.63) is 24.3 Å². The van der Waals surface area contributed by atoms with Crippen LogP contribution in [-0.2, 0) is 0 Å². The summed E-state index contributed by atoms with van der Waals surface area (Å²) >= 11 is 0. The Labute approximate surface area is 103 Å². The quantitative estimate of drug-likeness (QED) is 0.825. The maximum Gasteiger partial charge on any atom is 0.117 e. The van der Waals surface area contributed by atoms with Gasteiger partial charge < -0.3 is 15.3 Å². The van der Waals surface area contributed by atoms with E-state index in [1.807, 2.05) is 12.1 Å². The number of likely N-dealkylation sites (tertiary alicyclic amines) is 1. The normalized spacial score (nSPS) is 30.2. The van der Waals surface area contributed by atoms with E-state index in [4.69, 9.17) is 0 Å². The van der Waals surface area contributed by atoms with Crippen molar-refractivity contribution in [2.75, 3.05) is 18.9 Å². The summed E-state index contributed by atoms with van der Waals surface area (Å²) in [5, 5.41) is 13.0. The molecule has 1 fully saturated rings. The number of benzene rings is 1. The number of piperidine rings is 1. The number of phenols is 1. The van der Waals surface area contributed by atoms with E-state index in [0.29, 0.717) is 23.8 Å². The molecule has 17 heavy (non-hydrogen) atoms. The first kappa shape index (κ1) is 12.2. The molecule has 1 aromatic rings. The third kappa shape index (κ3) is 2.91. The summed E-state index contributed by atoms with van der Waals surface area (Å²) in [7, 11) is 2.19. The number of phenolic OH excluding ortho intramolecular Hbond substituents is 1. The van der Waals surface area contributed by atoms with E-state index < -0.39 is 0 Å². The van der Waals surface area contributed by atoms with Gasteiger partial charge >= 0.3 is 0 Å². The number of nitrogens with one attached hydrogen (secondary N) is 1. The van der Waals surface area contributed by atoms with Crippen molar-refractivity contribution < 1.29 is 5.11 Å². The van der Waals surface area contributed by atoms with Gasteiger partial charge in [0.15, 0.2) is 0 Å². The van der Waals surface area contributed by atoms with Crippen molar-refractivity contribution in [3.63, 3.8) is 0 Å². The Hall–Kier alpha value is -1.22. The molecule has 0 saturated carbocycles. The van der Waals surface area contributed by atoms with Gasteiger partial charge in [0.25, 0.3) is 0 Å². The summed E-state index contributed by atoms with van der Waals surface area (Å²) < 4.78 is 0. The fourth-order valence-corrected chi connectivity index (χ4v) is 2.55. The second-order valence-corrected chi connectivity index (χ2v) is 5.30. The molecule has 0 aliphatic carbocycles. The van der Waals surface area contributed by atoms with E-state index in [-0.39, 0.29) is 0 Å². The lowest BCUT2D eigenvalue weighted by molar-refractivity contribution is 0.145. The summed E-state index contributed by atoms with van der Waals surface area (Å²) in [4.78, 5) is 2.41. The molecule has 3 atom stereocenters. The van der Waals surface area contributed by atoms with Crippen LogP contribution in [0.4, 0.5) is 5.69 Å². The van der Waals surface area contributed by atoms with Gasteiger partial charge in [-0.25, -0.2) is 0 Å². The van der Waals surface area contributed by atoms with Crippen molar-refractivity contribution in [2.24, 2.45) is 5.92 Å². The largest absolute Gasteiger partial charge is 0.508 e. The number of aromatic hydroxyl groups is 1. The molecule has 1 aromatic carbocycles. The maximum atomic E-state index is 9.45. The molecule has 1 heterocycles. The highest BCUT2D eigenvalue weighted by molar-refractivity contribution is 5.48. The third-order valence-corrected chi connectivity index (χ3v) is 3.81. The number of anilines is 1. The second kappa shape index (κ2) is 4.96. The van der Waals surface area contributed by atoms with E-state index in [1.165, 1.54) is 0 Å². The number of hydrogen-bond donors (Lipinski definition) is 2. The topological polar surface area (TPSA) is 35.5 Å². The molecular formula is C14H22N2O. The molecule has 2 rings (SSSR count). The first-order valence-corrected chi connectivity index (χ1v) is 6.32. The molecule has 0 radical (unpaired) electrons. The zero-order chi connectivity index (χ0) is 12.4. The molecule has 0 amide bonds. The van der Waals surface area contributed by atoms with E-state index >= 15 is 0 Å². The lowest BCUT2D eigenvalue weighted by atomic mass is 9.89. The Kier molecular flexibility index (Phi) is 3.57. The highest BCUT2D eigenvalue weighted by atomic mass is 16.3. The van der Waals surface area contributed by atoms with Gasteiger partial charge in [-0.3, -0.25) is 0 Å². The minimum Gasteiger partial charge on any atom is -0.508 e. The van der Waals surface area contributed by atoms with Gasteiger partial charge in [0.05, 0.1) is 0 Å². The van der Waals surface area contributed by atoms with E-state index in [1.54, 1.807) is 12.1 Å². The Morgan fingerprint density at radius 2 is 2.12 bits per heavy atom. The van der Waals surface area contributed by atoms with Crippen LogP contribution in [0, 0.1) is 5.92 Å². The Morgan fingerprint density at radius 1 is 1.35 bits per heavy atom. The second-order valence-electron chi connectivity index (χ2n) is 5.30. The van der Waals surface area contributed by atoms with Crippen LogP contribution in [0.15, 0.2) is 24.3 Å². The Bertz CT molecular complexity index is 380. The fourth-order valence-electron chi connectivity index (χ4n) is 2.55. The van der Waals surface area contributed by atoms with Crippen molar-refractivity contribution in [1.82, 2.24) is 4.90 Å². The average molecular weight is 234 g/mol. The zero-order valence-corrected chi connectivity index (χ0v) is 10.9. The van der Waals surface area contributed by atoms with E-state index in [0.717, 1.165) is 18.7 Å². The lowest BCUT2D eigenvalue weighted by Crippen LogP contribution is -2.48. The molecule has 0 spiro atoms. The minimum absolute atomic E-state index is 0.323. The number of nitrogens with zero attached hydrogens (tertiary/aromatic N) is 1. The molecule has 0 bridgehead atoms. The highest BCUT2D eigenvalue weighted by Crippen LogP contribution is 2.25. The number of rotatable bonds is 2. The lowest BCUT2D eigenvalue weighted by Gasteiger charge is -2.40. The first-order valence-electron chi connectivity index (χ1n) is 6.32. The van der Waals surface area contributed by atoms with Crippen molar-refractivity contribution in [2.45, 2.75) is 32.4 Å². The van der Waals surface area contributed by atoms with Crippen LogP contribution < -0.4 is 5.32 Å². The van der Waals surface area contributed by atoms with Gasteiger partial charge in [-0.05, 0) is 38.4 Å². The SMILES string of the molecule is CC1CN(C)C(C)CC1Nc1cccc(O)c1. The smallest absolute Gasteiger partial charge is 0.117 e. The third-order valence-electron chi connectivity index (χ3n) is 3.81. The van der Waals surface area contributed by atoms with Crippen LogP contribution in [-0.4, -0.2) is 35.7 Å². The van der Waals surface area contributed by atoms with Gasteiger partial charge in [-0.2, -0.15) is 0 Å². The molecule has 0 aromatic heterocycles. The fraction of sp³-hybridized carbons (Fsp3) is 0.571. The Balaban J connectivity index is 2.03. The first-order chi connectivity index (χ1) is 8.06. The molecule has 94 valence electrons. The molecule has 1 aliphatic rings. The summed E-state index contributed by atoms with van der Waals surface area (Å²) in [6.45, 7) is 5.67. The number of hydrogen-bond acceptors (Lipinski definition) is 3. The molecular weight excluding hydrogens is 212 g/mol. The predicted molar refractivity (Wildman–Crippen MR) is 71.4 cm³/mol. The predicted octanol–water partition coefficient (Wildman–Crippen LogP) is 2.53. The average Bonchev–Trinajstić information content (AvgIpc) is 2.26. The van der Waals surface area contributed by atoms with Crippen LogP contribution in [0.1, 0.15) is 20.3 Å². The zero-order valence-electron chi connectivity index (χ0n) is 10.9. The van der Waals surface area contributed by atoms with Crippen LogP contribution in [0.25, 0.3) is 0 Å². The highest BCUT2D eigenvalue weighted by Gasteiger charge is 2.28. The Morgan fingerprint density at radius 3 is 2.82 bits per heavy atom. The van der Waals surface area contributed by atoms with Gasteiger partial charge in [0, 0.05) is 30.4 Å². The minimum atomic E-state index is 0.323. The van der Waals surface area contributed by atoms with Crippen LogP contribution >= 0.6 is 0 Å². The van der Waals surface area contributed by atoms with Crippen LogP contribution in [0.2, 0.25) is 0 Å². The van der Waals surface area contributed by atoms with Crippen LogP contribution in [0.5, 0.6) is 5.75 Å². The summed E-state index contributed by atoms with van der Waals surface area (Å²) in [6, 6.07) is 8.47. The summed E-state index contributed by atoms with van der Waals surface area (Å²) in [5.74, 6) is 0.946. The van der Waals surface area contributed by atoms with Crippen molar-refractivity contribution in [1.29, 1.82) is 0 Å². The van der Waals surface area contributed by atoms with Crippen molar-refractivity contribution >= 4 is 5.69 Å². The molecule has 1 saturated heterocycles. The summed E-state index contributed by atoms with van der Waals surface area (Å²) in [5.41, 5.74) is 1.01. The van der Waals surface area contributed by atoms with Gasteiger partial charge in [-0.1, -0.05) is 13.0 Å². The van der Waals surface area contributed by atoms with E-state index in [2.05, 4.69) is 31.1 Å². The monoisotopic (exact) mass is 234 g/mol. The molecule has 2 N–H and O–H groups in total. The molecule has 3 nitrogen and oxygen atoms in total. The molecule has 3 unspecified atom stereocenters. The summed E-state index contributed by atoms with van der Waals surface area (Å²) in [6.07, 6.45) is 1.15. The van der Waals surface area contributed by atoms with Crippen molar-refractivity contribution in [3.8, 4) is 5.75 Å². The van der Waals surface area contributed by atoms with E-state index in [9.17, 15) is 5.11 Å². The van der Waals surface area contributed by atoms with Gasteiger partial charge in [-0.15, -0.1) is 0 Å². The molecule has 3 heteroatoms.